The van der Waals surface area contributed by atoms with Crippen molar-refractivity contribution in [3.63, 3.8) is 0 Å². The van der Waals surface area contributed by atoms with Crippen molar-refractivity contribution in [2.75, 3.05) is 17.6 Å². The second kappa shape index (κ2) is 5.35. The highest BCUT2D eigenvalue weighted by molar-refractivity contribution is 9.10. The Hall–Kier alpha value is -0.960. The first-order chi connectivity index (χ1) is 8.46. The highest BCUT2D eigenvalue weighted by atomic mass is 79.9. The van der Waals surface area contributed by atoms with E-state index < -0.39 is 5.51 Å². The zero-order chi connectivity index (χ0) is 13.2. The summed E-state index contributed by atoms with van der Waals surface area (Å²) in [4.78, 5) is 8.21. The van der Waals surface area contributed by atoms with E-state index >= 15 is 0 Å². The van der Waals surface area contributed by atoms with Gasteiger partial charge >= 0.3 is 5.51 Å². The minimum absolute atomic E-state index is 0.0647. The predicted octanol–water partition coefficient (Wildman–Crippen LogP) is 3.16. The molecule has 2 heterocycles. The Morgan fingerprint density at radius 3 is 2.94 bits per heavy atom. The molecule has 9 heteroatoms. The van der Waals surface area contributed by atoms with E-state index in [1.165, 1.54) is 0 Å². The van der Waals surface area contributed by atoms with Crippen LogP contribution in [0.15, 0.2) is 23.2 Å². The maximum Gasteiger partial charge on any atom is 0.441 e. The highest BCUT2D eigenvalue weighted by Crippen LogP contribution is 2.29. The number of imidazole rings is 1. The zero-order valence-electron chi connectivity index (χ0n) is 8.91. The summed E-state index contributed by atoms with van der Waals surface area (Å²) in [6, 6.07) is 0. The number of anilines is 1. The van der Waals surface area contributed by atoms with Gasteiger partial charge in [-0.3, -0.25) is 0 Å². The number of hydrogen-bond donors (Lipinski definition) is 1. The molecule has 0 aliphatic rings. The lowest BCUT2D eigenvalue weighted by molar-refractivity contribution is -0.0327. The Bertz CT molecular complexity index is 542. The molecule has 0 fully saturated rings. The van der Waals surface area contributed by atoms with E-state index in [4.69, 9.17) is 0 Å². The summed E-state index contributed by atoms with van der Waals surface area (Å²) in [6.45, 7) is 0.163. The van der Waals surface area contributed by atoms with Crippen LogP contribution >= 0.6 is 27.7 Å². The minimum Gasteiger partial charge on any atom is -0.366 e. The number of nitrogens with zero attached hydrogens (tertiary/aromatic N) is 3. The van der Waals surface area contributed by atoms with Gasteiger partial charge in [-0.15, -0.1) is 0 Å². The number of aromatic nitrogens is 3. The predicted molar refractivity (Wildman–Crippen MR) is 67.7 cm³/mol. The maximum absolute atomic E-state index is 11.9. The first-order valence-electron chi connectivity index (χ1n) is 4.89. The zero-order valence-corrected chi connectivity index (χ0v) is 11.3. The highest BCUT2D eigenvalue weighted by Gasteiger charge is 2.27. The van der Waals surface area contributed by atoms with Gasteiger partial charge < -0.3 is 9.72 Å². The monoisotopic (exact) mass is 340 g/mol. The molecule has 0 radical (unpaired) electrons. The molecule has 0 aromatic carbocycles. The molecule has 98 valence electrons. The average molecular weight is 341 g/mol. The lowest BCUT2D eigenvalue weighted by Gasteiger charge is -2.08. The van der Waals surface area contributed by atoms with Crippen molar-refractivity contribution >= 4 is 39.2 Å². The van der Waals surface area contributed by atoms with Gasteiger partial charge in [0.15, 0.2) is 11.5 Å². The largest absolute Gasteiger partial charge is 0.441 e. The summed E-state index contributed by atoms with van der Waals surface area (Å²) in [5.74, 6) is 0.377. The van der Waals surface area contributed by atoms with Crippen LogP contribution in [0.1, 0.15) is 0 Å². The van der Waals surface area contributed by atoms with Crippen LogP contribution in [0.3, 0.4) is 0 Å². The molecule has 2 rings (SSSR count). The topological polar surface area (TPSA) is 42.2 Å². The van der Waals surface area contributed by atoms with Crippen molar-refractivity contribution in [2.45, 2.75) is 5.51 Å². The molecule has 2 aromatic rings. The number of rotatable bonds is 4. The second-order valence-corrected chi connectivity index (χ2v) is 5.26. The lowest BCUT2D eigenvalue weighted by atomic mass is 10.5. The summed E-state index contributed by atoms with van der Waals surface area (Å²) in [6.07, 6.45) is 5.05. The van der Waals surface area contributed by atoms with E-state index in [9.17, 15) is 13.2 Å². The molecule has 0 saturated heterocycles. The van der Waals surface area contributed by atoms with Crippen molar-refractivity contribution in [3.8, 4) is 0 Å². The van der Waals surface area contributed by atoms with Gasteiger partial charge in [-0.25, -0.2) is 9.97 Å². The van der Waals surface area contributed by atoms with Gasteiger partial charge in [0.2, 0.25) is 0 Å². The Kier molecular flexibility index (Phi) is 4.00. The van der Waals surface area contributed by atoms with Crippen LogP contribution in [-0.2, 0) is 0 Å². The second-order valence-electron chi connectivity index (χ2n) is 3.29. The third-order valence-electron chi connectivity index (χ3n) is 2.00. The lowest BCUT2D eigenvalue weighted by Crippen LogP contribution is -2.11. The summed E-state index contributed by atoms with van der Waals surface area (Å²) < 4.78 is 38.1. The number of fused-ring (bicyclic) bond motifs is 1. The van der Waals surface area contributed by atoms with Gasteiger partial charge in [0.1, 0.15) is 4.60 Å². The van der Waals surface area contributed by atoms with Gasteiger partial charge in [-0.05, 0) is 27.7 Å². The fourth-order valence-corrected chi connectivity index (χ4v) is 2.19. The third-order valence-corrected chi connectivity index (χ3v) is 3.12. The number of nitrogens with one attached hydrogen (secondary N) is 1. The van der Waals surface area contributed by atoms with Crippen molar-refractivity contribution in [3.05, 3.63) is 23.2 Å². The first-order valence-corrected chi connectivity index (χ1v) is 6.67. The molecular weight excluding hydrogens is 333 g/mol. The Morgan fingerprint density at radius 2 is 2.22 bits per heavy atom. The minimum atomic E-state index is -4.20. The molecule has 0 unspecified atom stereocenters. The van der Waals surface area contributed by atoms with Crippen molar-refractivity contribution in [1.82, 2.24) is 14.4 Å². The molecule has 0 aliphatic heterocycles. The summed E-state index contributed by atoms with van der Waals surface area (Å²) >= 11 is 3.16. The van der Waals surface area contributed by atoms with E-state index in [1.54, 1.807) is 23.0 Å². The van der Waals surface area contributed by atoms with Crippen LogP contribution in [-0.4, -0.2) is 32.2 Å². The van der Waals surface area contributed by atoms with Gasteiger partial charge in [0.05, 0.1) is 0 Å². The van der Waals surface area contributed by atoms with Crippen molar-refractivity contribution in [1.29, 1.82) is 0 Å². The number of halogens is 4. The third kappa shape index (κ3) is 3.52. The molecule has 1 N–H and O–H groups in total. The molecule has 0 spiro atoms. The van der Waals surface area contributed by atoms with Crippen LogP contribution < -0.4 is 5.32 Å². The van der Waals surface area contributed by atoms with Gasteiger partial charge in [0.25, 0.3) is 0 Å². The van der Waals surface area contributed by atoms with E-state index in [0.29, 0.717) is 16.1 Å². The Labute approximate surface area is 113 Å². The molecule has 0 atom stereocenters. The molecule has 18 heavy (non-hydrogen) atoms. The maximum atomic E-state index is 11.9. The van der Waals surface area contributed by atoms with Crippen molar-refractivity contribution in [2.24, 2.45) is 0 Å². The Morgan fingerprint density at radius 1 is 1.44 bits per heavy atom. The average Bonchev–Trinajstić information content (AvgIpc) is 2.70. The molecule has 0 bridgehead atoms. The number of alkyl halides is 3. The molecule has 2 aromatic heterocycles. The van der Waals surface area contributed by atoms with E-state index in [2.05, 4.69) is 31.2 Å². The Balaban J connectivity index is 2.01. The van der Waals surface area contributed by atoms with E-state index in [1.807, 2.05) is 0 Å². The first kappa shape index (κ1) is 13.5. The molecular formula is C9H8BrF3N4S. The van der Waals surface area contributed by atoms with Crippen LogP contribution in [0.4, 0.5) is 19.0 Å². The molecule has 4 nitrogen and oxygen atoms in total. The van der Waals surface area contributed by atoms with Crippen LogP contribution in [0, 0.1) is 0 Å². The fourth-order valence-electron chi connectivity index (χ4n) is 1.36. The van der Waals surface area contributed by atoms with Gasteiger partial charge in [-0.1, -0.05) is 0 Å². The molecule has 0 aliphatic carbocycles. The van der Waals surface area contributed by atoms with Crippen LogP contribution in [0.5, 0.6) is 0 Å². The molecule has 0 saturated carbocycles. The quantitative estimate of drug-likeness (QED) is 0.868. The summed E-state index contributed by atoms with van der Waals surface area (Å²) in [5, 5.41) is 2.84. The SMILES string of the molecule is FC(F)(F)SCCNc1nc(Br)cn2ccnc12. The van der Waals surface area contributed by atoms with Gasteiger partial charge in [-0.2, -0.15) is 13.2 Å². The van der Waals surface area contributed by atoms with Crippen LogP contribution in [0.2, 0.25) is 0 Å². The van der Waals surface area contributed by atoms with Crippen LogP contribution in [0.25, 0.3) is 5.65 Å². The number of hydrogen-bond acceptors (Lipinski definition) is 4. The molecule has 0 amide bonds. The van der Waals surface area contributed by atoms with Gasteiger partial charge in [0, 0.05) is 30.9 Å². The summed E-state index contributed by atoms with van der Waals surface area (Å²) in [5.41, 5.74) is -3.62. The van der Waals surface area contributed by atoms with E-state index in [-0.39, 0.29) is 24.1 Å². The summed E-state index contributed by atoms with van der Waals surface area (Å²) in [7, 11) is 0. The smallest absolute Gasteiger partial charge is 0.366 e. The standard InChI is InChI=1S/C9H8BrF3N4S/c10-6-5-17-3-1-15-8(17)7(16-6)14-2-4-18-9(11,12)13/h1,3,5H,2,4H2,(H,14,16). The van der Waals surface area contributed by atoms with Crippen molar-refractivity contribution < 1.29 is 13.2 Å². The van der Waals surface area contributed by atoms with E-state index in [0.717, 1.165) is 0 Å². The normalized spacial score (nSPS) is 12.0. The fraction of sp³-hybridized carbons (Fsp3) is 0.333. The number of thioether (sulfide) groups is 1.